The lowest BCUT2D eigenvalue weighted by molar-refractivity contribution is -0.121. The first-order valence-corrected chi connectivity index (χ1v) is 7.55. The molecule has 3 heteroatoms. The normalized spacial score (nSPS) is 23.7. The van der Waals surface area contributed by atoms with E-state index in [2.05, 4.69) is 40.3 Å². The van der Waals surface area contributed by atoms with Gasteiger partial charge in [0, 0.05) is 10.9 Å². The van der Waals surface area contributed by atoms with Crippen molar-refractivity contribution in [2.75, 3.05) is 0 Å². The number of rotatable bonds is 3. The van der Waals surface area contributed by atoms with E-state index < -0.39 is 0 Å². The molecule has 0 bridgehead atoms. The third-order valence-electron chi connectivity index (χ3n) is 3.51. The van der Waals surface area contributed by atoms with Gasteiger partial charge in [-0.1, -0.05) is 58.6 Å². The van der Waals surface area contributed by atoms with Crippen molar-refractivity contribution in [3.05, 3.63) is 35.4 Å². The molecule has 0 saturated heterocycles. The lowest BCUT2D eigenvalue weighted by Gasteiger charge is -2.28. The Morgan fingerprint density at radius 1 is 1.28 bits per heavy atom. The van der Waals surface area contributed by atoms with Gasteiger partial charge in [-0.2, -0.15) is 0 Å². The van der Waals surface area contributed by atoms with Crippen LogP contribution in [0.3, 0.4) is 0 Å². The van der Waals surface area contributed by atoms with Crippen LogP contribution < -0.4 is 5.32 Å². The third kappa shape index (κ3) is 3.84. The summed E-state index contributed by atoms with van der Waals surface area (Å²) in [4.78, 5) is 12.4. The third-order valence-corrected chi connectivity index (χ3v) is 4.61. The Morgan fingerprint density at radius 3 is 2.61 bits per heavy atom. The maximum atomic E-state index is 12.0. The summed E-state index contributed by atoms with van der Waals surface area (Å²) in [6.07, 6.45) is 5.22. The van der Waals surface area contributed by atoms with Crippen LogP contribution in [0.25, 0.3) is 0 Å². The molecule has 1 aliphatic carbocycles. The zero-order valence-electron chi connectivity index (χ0n) is 10.8. The maximum absolute atomic E-state index is 12.0. The minimum Gasteiger partial charge on any atom is -0.352 e. The van der Waals surface area contributed by atoms with Crippen LogP contribution in [-0.2, 0) is 11.2 Å². The van der Waals surface area contributed by atoms with Gasteiger partial charge in [-0.05, 0) is 25.3 Å². The molecule has 0 radical (unpaired) electrons. The minimum absolute atomic E-state index is 0.134. The van der Waals surface area contributed by atoms with Gasteiger partial charge in [0.1, 0.15) is 0 Å². The summed E-state index contributed by atoms with van der Waals surface area (Å²) in [5, 5.41) is 3.15. The smallest absolute Gasteiger partial charge is 0.224 e. The second kappa shape index (κ2) is 6.37. The van der Waals surface area contributed by atoms with Gasteiger partial charge in [0.25, 0.3) is 0 Å². The van der Waals surface area contributed by atoms with Gasteiger partial charge in [0.2, 0.25) is 5.91 Å². The van der Waals surface area contributed by atoms with Gasteiger partial charge in [-0.3, -0.25) is 4.79 Å². The minimum atomic E-state index is 0.134. The topological polar surface area (TPSA) is 29.1 Å². The predicted molar refractivity (Wildman–Crippen MR) is 78.0 cm³/mol. The second-order valence-corrected chi connectivity index (χ2v) is 6.31. The van der Waals surface area contributed by atoms with E-state index in [0.717, 1.165) is 18.4 Å². The monoisotopic (exact) mass is 309 g/mol. The van der Waals surface area contributed by atoms with Crippen LogP contribution in [0.2, 0.25) is 0 Å². The van der Waals surface area contributed by atoms with Gasteiger partial charge in [0.15, 0.2) is 0 Å². The molecule has 98 valence electrons. The average Bonchev–Trinajstić information content (AvgIpc) is 2.35. The highest BCUT2D eigenvalue weighted by molar-refractivity contribution is 9.09. The van der Waals surface area contributed by atoms with E-state index in [4.69, 9.17) is 0 Å². The number of carbonyl (C=O) groups excluding carboxylic acids is 1. The fourth-order valence-electron chi connectivity index (χ4n) is 2.40. The Hall–Kier alpha value is -0.830. The summed E-state index contributed by atoms with van der Waals surface area (Å²) in [5.41, 5.74) is 2.31. The van der Waals surface area contributed by atoms with Gasteiger partial charge >= 0.3 is 0 Å². The van der Waals surface area contributed by atoms with Crippen LogP contribution >= 0.6 is 15.9 Å². The van der Waals surface area contributed by atoms with Crippen LogP contribution in [0.1, 0.15) is 36.8 Å². The quantitative estimate of drug-likeness (QED) is 0.852. The molecular weight excluding hydrogens is 290 g/mol. The van der Waals surface area contributed by atoms with E-state index >= 15 is 0 Å². The summed E-state index contributed by atoms with van der Waals surface area (Å²) in [5.74, 6) is 0.134. The van der Waals surface area contributed by atoms with E-state index in [1.165, 1.54) is 18.4 Å². The molecule has 1 amide bonds. The second-order valence-electron chi connectivity index (χ2n) is 5.14. The summed E-state index contributed by atoms with van der Waals surface area (Å²) in [6.45, 7) is 2.06. The molecule has 1 aromatic carbocycles. The van der Waals surface area contributed by atoms with Gasteiger partial charge < -0.3 is 5.32 Å². The summed E-state index contributed by atoms with van der Waals surface area (Å²) in [7, 11) is 0. The number of alkyl halides is 1. The van der Waals surface area contributed by atoms with Crippen LogP contribution in [0.5, 0.6) is 0 Å². The molecule has 1 N–H and O–H groups in total. The molecule has 2 nitrogen and oxygen atoms in total. The molecule has 0 aliphatic heterocycles. The number of aryl methyl sites for hydroxylation is 1. The Kier molecular flexibility index (Phi) is 4.81. The van der Waals surface area contributed by atoms with E-state index in [1.807, 2.05) is 12.1 Å². The molecule has 1 aliphatic rings. The van der Waals surface area contributed by atoms with Crippen molar-refractivity contribution < 1.29 is 4.79 Å². The number of benzene rings is 1. The summed E-state index contributed by atoms with van der Waals surface area (Å²) >= 11 is 3.66. The van der Waals surface area contributed by atoms with Crippen molar-refractivity contribution in [1.29, 1.82) is 0 Å². The number of hydrogen-bond acceptors (Lipinski definition) is 1. The molecule has 1 aromatic rings. The van der Waals surface area contributed by atoms with Crippen LogP contribution in [0, 0.1) is 6.92 Å². The Bertz CT molecular complexity index is 401. The highest BCUT2D eigenvalue weighted by Crippen LogP contribution is 2.24. The van der Waals surface area contributed by atoms with E-state index in [0.29, 0.717) is 17.3 Å². The molecule has 1 fully saturated rings. The first kappa shape index (κ1) is 13.6. The number of nitrogens with one attached hydrogen (secondary N) is 1. The van der Waals surface area contributed by atoms with Crippen LogP contribution in [0.15, 0.2) is 24.3 Å². The van der Waals surface area contributed by atoms with Gasteiger partial charge in [0.05, 0.1) is 6.42 Å². The van der Waals surface area contributed by atoms with Crippen molar-refractivity contribution >= 4 is 21.8 Å². The molecule has 18 heavy (non-hydrogen) atoms. The Morgan fingerprint density at radius 2 is 1.94 bits per heavy atom. The standard InChI is InChI=1S/C15H20BrNO/c1-11-6-8-12(9-7-11)10-15(18)17-14-5-3-2-4-13(14)16/h6-9,13-14H,2-5,10H2,1H3,(H,17,18). The lowest BCUT2D eigenvalue weighted by Crippen LogP contribution is -2.43. The van der Waals surface area contributed by atoms with Crippen molar-refractivity contribution in [1.82, 2.24) is 5.32 Å². The van der Waals surface area contributed by atoms with E-state index in [9.17, 15) is 4.79 Å². The fourth-order valence-corrected chi connectivity index (χ4v) is 3.12. The first-order valence-electron chi connectivity index (χ1n) is 6.64. The molecule has 2 atom stereocenters. The number of amides is 1. The molecule has 0 heterocycles. The number of halogens is 1. The highest BCUT2D eigenvalue weighted by atomic mass is 79.9. The van der Waals surface area contributed by atoms with Crippen molar-refractivity contribution in [2.45, 2.75) is 49.9 Å². The van der Waals surface area contributed by atoms with Crippen LogP contribution in [0.4, 0.5) is 0 Å². The van der Waals surface area contributed by atoms with E-state index in [-0.39, 0.29) is 5.91 Å². The molecule has 0 spiro atoms. The Labute approximate surface area is 117 Å². The Balaban J connectivity index is 1.86. The number of carbonyl (C=O) groups is 1. The number of hydrogen-bond donors (Lipinski definition) is 1. The highest BCUT2D eigenvalue weighted by Gasteiger charge is 2.23. The fraction of sp³-hybridized carbons (Fsp3) is 0.533. The zero-order chi connectivity index (χ0) is 13.0. The molecule has 1 saturated carbocycles. The van der Waals surface area contributed by atoms with Crippen molar-refractivity contribution in [3.63, 3.8) is 0 Å². The maximum Gasteiger partial charge on any atom is 0.224 e. The first-order chi connectivity index (χ1) is 8.65. The van der Waals surface area contributed by atoms with Gasteiger partial charge in [-0.25, -0.2) is 0 Å². The molecular formula is C15H20BrNO. The molecule has 2 unspecified atom stereocenters. The molecule has 2 rings (SSSR count). The zero-order valence-corrected chi connectivity index (χ0v) is 12.4. The average molecular weight is 310 g/mol. The van der Waals surface area contributed by atoms with E-state index in [1.54, 1.807) is 0 Å². The SMILES string of the molecule is Cc1ccc(CC(=O)NC2CCCCC2Br)cc1. The lowest BCUT2D eigenvalue weighted by atomic mass is 9.95. The summed E-state index contributed by atoms with van der Waals surface area (Å²) < 4.78 is 0. The summed E-state index contributed by atoms with van der Waals surface area (Å²) in [6, 6.07) is 8.47. The van der Waals surface area contributed by atoms with Crippen molar-refractivity contribution in [3.8, 4) is 0 Å². The van der Waals surface area contributed by atoms with Gasteiger partial charge in [-0.15, -0.1) is 0 Å². The largest absolute Gasteiger partial charge is 0.352 e. The molecule has 0 aromatic heterocycles. The van der Waals surface area contributed by atoms with Crippen molar-refractivity contribution in [2.24, 2.45) is 0 Å². The van der Waals surface area contributed by atoms with Crippen LogP contribution in [-0.4, -0.2) is 16.8 Å². The predicted octanol–water partition coefficient (Wildman–Crippen LogP) is 3.36.